The lowest BCUT2D eigenvalue weighted by Crippen LogP contribution is -2.19. The predicted octanol–water partition coefficient (Wildman–Crippen LogP) is 2.63. The first kappa shape index (κ1) is 10.6. The van der Waals surface area contributed by atoms with Crippen molar-refractivity contribution in [2.75, 3.05) is 6.61 Å². The number of rotatable bonds is 2. The monoisotopic (exact) mass is 303 g/mol. The second kappa shape index (κ2) is 4.12. The normalized spacial score (nSPS) is 11.4. The fourth-order valence-electron chi connectivity index (χ4n) is 0.620. The van der Waals surface area contributed by atoms with Crippen LogP contribution in [0.25, 0.3) is 0 Å². The minimum Gasteiger partial charge on any atom is -0.468 e. The summed E-state index contributed by atoms with van der Waals surface area (Å²) >= 11 is 1.96. The zero-order valence-corrected chi connectivity index (χ0v) is 8.46. The molecule has 0 amide bonds. The Morgan fingerprint density at radius 3 is 2.69 bits per heavy atom. The van der Waals surface area contributed by atoms with Crippen LogP contribution in [0.3, 0.4) is 0 Å². The topological polar surface area (TPSA) is 22.1 Å². The highest BCUT2D eigenvalue weighted by molar-refractivity contribution is 14.1. The Morgan fingerprint density at radius 2 is 2.15 bits per heavy atom. The maximum Gasteiger partial charge on any atom is 0.422 e. The zero-order chi connectivity index (χ0) is 9.90. The molecule has 0 aliphatic heterocycles. The summed E-state index contributed by atoms with van der Waals surface area (Å²) in [5, 5.41) is 0. The van der Waals surface area contributed by atoms with E-state index in [1.165, 1.54) is 12.3 Å². The second-order valence-electron chi connectivity index (χ2n) is 2.22. The second-order valence-corrected chi connectivity index (χ2v) is 3.46. The summed E-state index contributed by atoms with van der Waals surface area (Å²) < 4.78 is 40.3. The van der Waals surface area contributed by atoms with Crippen LogP contribution in [0.15, 0.2) is 18.3 Å². The Bertz CT molecular complexity index is 289. The van der Waals surface area contributed by atoms with Crippen LogP contribution in [0.5, 0.6) is 5.88 Å². The van der Waals surface area contributed by atoms with Crippen molar-refractivity contribution in [2.24, 2.45) is 0 Å². The molecule has 0 saturated carbocycles. The van der Waals surface area contributed by atoms with Gasteiger partial charge in [-0.1, -0.05) is 0 Å². The quantitative estimate of drug-likeness (QED) is 0.784. The highest BCUT2D eigenvalue weighted by Gasteiger charge is 2.28. The Labute approximate surface area is 86.3 Å². The summed E-state index contributed by atoms with van der Waals surface area (Å²) in [4.78, 5) is 3.62. The van der Waals surface area contributed by atoms with E-state index in [1.54, 1.807) is 6.07 Å². The number of halogens is 4. The van der Waals surface area contributed by atoms with Crippen molar-refractivity contribution in [3.05, 3.63) is 21.9 Å². The van der Waals surface area contributed by atoms with Gasteiger partial charge in [0.2, 0.25) is 5.88 Å². The first-order valence-electron chi connectivity index (χ1n) is 3.28. The van der Waals surface area contributed by atoms with Crippen molar-refractivity contribution in [1.29, 1.82) is 0 Å². The van der Waals surface area contributed by atoms with Gasteiger partial charge < -0.3 is 4.74 Å². The Balaban J connectivity index is 2.55. The van der Waals surface area contributed by atoms with E-state index < -0.39 is 12.8 Å². The summed E-state index contributed by atoms with van der Waals surface area (Å²) in [5.74, 6) is -0.00998. The molecule has 0 fully saturated rings. The fourth-order valence-corrected chi connectivity index (χ4v) is 1.05. The van der Waals surface area contributed by atoms with Crippen molar-refractivity contribution < 1.29 is 17.9 Å². The molecule has 1 rings (SSSR count). The van der Waals surface area contributed by atoms with Crippen LogP contribution in [0.2, 0.25) is 0 Å². The Morgan fingerprint density at radius 1 is 1.46 bits per heavy atom. The molecule has 0 N–H and O–H groups in total. The SMILES string of the molecule is FC(F)(F)COc1cc(I)ccn1. The number of hydrogen-bond donors (Lipinski definition) is 0. The smallest absolute Gasteiger partial charge is 0.422 e. The average molecular weight is 303 g/mol. The lowest BCUT2D eigenvalue weighted by atomic mass is 10.5. The van der Waals surface area contributed by atoms with Gasteiger partial charge in [0.05, 0.1) is 0 Å². The molecule has 1 heterocycles. The van der Waals surface area contributed by atoms with Crippen LogP contribution in [0.1, 0.15) is 0 Å². The first-order chi connectivity index (χ1) is 5.97. The van der Waals surface area contributed by atoms with E-state index in [1.807, 2.05) is 22.6 Å². The molecular weight excluding hydrogens is 298 g/mol. The maximum absolute atomic E-state index is 11.7. The van der Waals surface area contributed by atoms with E-state index in [-0.39, 0.29) is 5.88 Å². The van der Waals surface area contributed by atoms with Crippen LogP contribution >= 0.6 is 22.6 Å². The molecule has 72 valence electrons. The molecule has 2 nitrogen and oxygen atoms in total. The van der Waals surface area contributed by atoms with Crippen molar-refractivity contribution in [3.63, 3.8) is 0 Å². The third kappa shape index (κ3) is 4.30. The van der Waals surface area contributed by atoms with E-state index in [0.29, 0.717) is 0 Å². The third-order valence-electron chi connectivity index (χ3n) is 1.08. The molecule has 0 unspecified atom stereocenters. The summed E-state index contributed by atoms with van der Waals surface area (Å²) in [6, 6.07) is 3.10. The molecular formula is C7H5F3INO. The highest BCUT2D eigenvalue weighted by atomic mass is 127. The van der Waals surface area contributed by atoms with Gasteiger partial charge >= 0.3 is 6.18 Å². The average Bonchev–Trinajstić information content (AvgIpc) is 2.00. The number of hydrogen-bond acceptors (Lipinski definition) is 2. The van der Waals surface area contributed by atoms with E-state index in [4.69, 9.17) is 0 Å². The number of aromatic nitrogens is 1. The van der Waals surface area contributed by atoms with Crippen LogP contribution in [-0.4, -0.2) is 17.8 Å². The van der Waals surface area contributed by atoms with Gasteiger partial charge in [0.1, 0.15) is 0 Å². The minimum absolute atomic E-state index is 0.00998. The van der Waals surface area contributed by atoms with Gasteiger partial charge in [-0.3, -0.25) is 0 Å². The van der Waals surface area contributed by atoms with Gasteiger partial charge in [-0.15, -0.1) is 0 Å². The highest BCUT2D eigenvalue weighted by Crippen LogP contribution is 2.17. The molecule has 0 aliphatic carbocycles. The van der Waals surface area contributed by atoms with Crippen molar-refractivity contribution >= 4 is 22.6 Å². The molecule has 0 aromatic carbocycles. The summed E-state index contributed by atoms with van der Waals surface area (Å²) in [6.45, 7) is -1.31. The molecule has 0 spiro atoms. The lowest BCUT2D eigenvalue weighted by Gasteiger charge is -2.07. The number of pyridine rings is 1. The maximum atomic E-state index is 11.7. The van der Waals surface area contributed by atoms with Gasteiger partial charge in [-0.25, -0.2) is 4.98 Å². The molecule has 0 bridgehead atoms. The number of nitrogens with zero attached hydrogens (tertiary/aromatic N) is 1. The van der Waals surface area contributed by atoms with Crippen LogP contribution in [0, 0.1) is 3.57 Å². The summed E-state index contributed by atoms with van der Waals surface area (Å²) in [6.07, 6.45) is -2.92. The molecule has 0 atom stereocenters. The molecule has 0 saturated heterocycles. The van der Waals surface area contributed by atoms with Crippen LogP contribution in [-0.2, 0) is 0 Å². The van der Waals surface area contributed by atoms with Crippen LogP contribution in [0.4, 0.5) is 13.2 Å². The van der Waals surface area contributed by atoms with Crippen LogP contribution < -0.4 is 4.74 Å². The lowest BCUT2D eigenvalue weighted by molar-refractivity contribution is -0.154. The van der Waals surface area contributed by atoms with E-state index in [9.17, 15) is 13.2 Å². The van der Waals surface area contributed by atoms with Gasteiger partial charge in [-0.05, 0) is 28.7 Å². The summed E-state index contributed by atoms with van der Waals surface area (Å²) in [5.41, 5.74) is 0. The van der Waals surface area contributed by atoms with Gasteiger partial charge in [-0.2, -0.15) is 13.2 Å². The zero-order valence-electron chi connectivity index (χ0n) is 6.31. The number of ether oxygens (including phenoxy) is 1. The first-order valence-corrected chi connectivity index (χ1v) is 4.36. The standard InChI is InChI=1S/C7H5F3INO/c8-7(9,10)4-13-6-3-5(11)1-2-12-6/h1-3H,4H2. The molecule has 1 aromatic rings. The molecule has 1 aromatic heterocycles. The largest absolute Gasteiger partial charge is 0.468 e. The van der Waals surface area contributed by atoms with Crippen molar-refractivity contribution in [2.45, 2.75) is 6.18 Å². The molecule has 0 radical (unpaired) electrons. The van der Waals surface area contributed by atoms with Crippen molar-refractivity contribution in [3.8, 4) is 5.88 Å². The van der Waals surface area contributed by atoms with E-state index >= 15 is 0 Å². The Hall–Kier alpha value is -0.530. The van der Waals surface area contributed by atoms with Gasteiger partial charge in [0.15, 0.2) is 6.61 Å². The Kier molecular flexibility index (Phi) is 3.34. The summed E-state index contributed by atoms with van der Waals surface area (Å²) in [7, 11) is 0. The van der Waals surface area contributed by atoms with Crippen molar-refractivity contribution in [1.82, 2.24) is 4.98 Å². The predicted molar refractivity (Wildman–Crippen MR) is 48.5 cm³/mol. The number of alkyl halides is 3. The van der Waals surface area contributed by atoms with Gasteiger partial charge in [0, 0.05) is 15.8 Å². The van der Waals surface area contributed by atoms with Gasteiger partial charge in [0.25, 0.3) is 0 Å². The minimum atomic E-state index is -4.32. The van der Waals surface area contributed by atoms with E-state index in [2.05, 4.69) is 9.72 Å². The third-order valence-corrected chi connectivity index (χ3v) is 1.75. The molecule has 0 aliphatic rings. The van der Waals surface area contributed by atoms with E-state index in [0.717, 1.165) is 3.57 Å². The molecule has 13 heavy (non-hydrogen) atoms. The fraction of sp³-hybridized carbons (Fsp3) is 0.286. The molecule has 6 heteroatoms.